The number of rotatable bonds is 10. The van der Waals surface area contributed by atoms with Crippen LogP contribution in [0, 0.1) is 11.7 Å². The van der Waals surface area contributed by atoms with Gasteiger partial charge in [0.1, 0.15) is 17.0 Å². The van der Waals surface area contributed by atoms with Crippen LogP contribution in [0.1, 0.15) is 44.9 Å². The van der Waals surface area contributed by atoms with E-state index in [-0.39, 0.29) is 10.2 Å². The van der Waals surface area contributed by atoms with Crippen molar-refractivity contribution in [3.63, 3.8) is 0 Å². The zero-order chi connectivity index (χ0) is 20.9. The highest BCUT2D eigenvalue weighted by molar-refractivity contribution is 7.93. The van der Waals surface area contributed by atoms with Gasteiger partial charge < -0.3 is 11.1 Å². The number of unbranched alkanes of at least 4 members (excludes halogenated alkanes) is 2. The molecule has 0 bridgehead atoms. The Balaban J connectivity index is 1.50. The maximum Gasteiger partial charge on any atom is 0.266 e. The average Bonchev–Trinajstić information content (AvgIpc) is 3.31. The Bertz CT molecular complexity index is 911. The molecule has 1 heterocycles. The highest BCUT2D eigenvalue weighted by atomic mass is 35.5. The summed E-state index contributed by atoms with van der Waals surface area (Å²) in [7, 11) is -4.14. The number of hydrogen-bond donors (Lipinski definition) is 3. The molecule has 1 aromatic carbocycles. The molecule has 4 N–H and O–H groups in total. The molecular weight excluding hydrogens is 437 g/mol. The lowest BCUT2D eigenvalue weighted by Gasteiger charge is -2.15. The summed E-state index contributed by atoms with van der Waals surface area (Å²) in [6.45, 7) is 0.630. The molecular formula is C18H25ClFN5O2S2. The molecule has 1 fully saturated rings. The minimum absolute atomic E-state index is 0.0567. The fourth-order valence-electron chi connectivity index (χ4n) is 3.61. The fraction of sp³-hybridized carbons (Fsp3) is 0.556. The van der Waals surface area contributed by atoms with Crippen molar-refractivity contribution in [3.8, 4) is 0 Å². The van der Waals surface area contributed by atoms with E-state index in [0.717, 1.165) is 55.8 Å². The lowest BCUT2D eigenvalue weighted by molar-refractivity contribution is 0.424. The van der Waals surface area contributed by atoms with Crippen LogP contribution in [0.4, 0.5) is 15.2 Å². The first-order chi connectivity index (χ1) is 13.9. The Labute approximate surface area is 179 Å². The maximum absolute atomic E-state index is 14.4. The van der Waals surface area contributed by atoms with Crippen molar-refractivity contribution < 1.29 is 12.8 Å². The monoisotopic (exact) mass is 461 g/mol. The quantitative estimate of drug-likeness (QED) is 0.456. The van der Waals surface area contributed by atoms with E-state index < -0.39 is 20.7 Å². The van der Waals surface area contributed by atoms with Crippen LogP contribution in [0.3, 0.4) is 0 Å². The Kier molecular flexibility index (Phi) is 7.66. The lowest BCUT2D eigenvalue weighted by Crippen LogP contribution is -2.24. The van der Waals surface area contributed by atoms with Crippen molar-refractivity contribution in [2.75, 3.05) is 16.6 Å². The molecule has 11 heteroatoms. The van der Waals surface area contributed by atoms with Crippen LogP contribution in [-0.4, -0.2) is 30.4 Å². The molecule has 1 aliphatic carbocycles. The number of benzene rings is 1. The third-order valence-electron chi connectivity index (χ3n) is 5.18. The second-order valence-corrected chi connectivity index (χ2v) is 10.1. The van der Waals surface area contributed by atoms with Gasteiger partial charge in [-0.2, -0.15) is 4.37 Å². The van der Waals surface area contributed by atoms with Crippen molar-refractivity contribution in [2.45, 2.75) is 55.9 Å². The first kappa shape index (κ1) is 22.2. The van der Waals surface area contributed by atoms with Crippen LogP contribution in [0.25, 0.3) is 0 Å². The highest BCUT2D eigenvalue weighted by Crippen LogP contribution is 2.30. The van der Waals surface area contributed by atoms with Gasteiger partial charge in [-0.1, -0.05) is 30.9 Å². The third kappa shape index (κ3) is 6.00. The van der Waals surface area contributed by atoms with Crippen LogP contribution >= 0.6 is 23.1 Å². The topological polar surface area (TPSA) is 110 Å². The predicted molar refractivity (Wildman–Crippen MR) is 114 cm³/mol. The summed E-state index contributed by atoms with van der Waals surface area (Å²) < 4.78 is 45.0. The number of sulfonamides is 1. The van der Waals surface area contributed by atoms with E-state index in [1.807, 2.05) is 0 Å². The number of nitrogens with two attached hydrogens (primary N) is 1. The van der Waals surface area contributed by atoms with E-state index in [0.29, 0.717) is 24.2 Å². The second kappa shape index (κ2) is 10.0. The first-order valence-electron chi connectivity index (χ1n) is 9.65. The molecule has 0 radical (unpaired) electrons. The minimum atomic E-state index is -4.14. The van der Waals surface area contributed by atoms with Gasteiger partial charge in [-0.05, 0) is 43.7 Å². The number of nitrogens with zero attached hydrogens (tertiary/aromatic N) is 2. The third-order valence-corrected chi connectivity index (χ3v) is 7.56. The number of aromatic nitrogens is 2. The Hall–Kier alpha value is -1.49. The Morgan fingerprint density at radius 1 is 1.28 bits per heavy atom. The predicted octanol–water partition coefficient (Wildman–Crippen LogP) is 4.23. The van der Waals surface area contributed by atoms with Crippen molar-refractivity contribution >= 4 is 44.0 Å². The zero-order valence-corrected chi connectivity index (χ0v) is 18.3. The molecule has 1 aliphatic rings. The van der Waals surface area contributed by atoms with E-state index in [4.69, 9.17) is 17.3 Å². The van der Waals surface area contributed by atoms with Gasteiger partial charge in [-0.15, -0.1) is 0 Å². The van der Waals surface area contributed by atoms with Crippen LogP contribution in [-0.2, 0) is 10.0 Å². The zero-order valence-electron chi connectivity index (χ0n) is 15.9. The molecule has 0 unspecified atom stereocenters. The first-order valence-corrected chi connectivity index (χ1v) is 12.3. The van der Waals surface area contributed by atoms with Gasteiger partial charge in [0, 0.05) is 24.1 Å². The van der Waals surface area contributed by atoms with E-state index >= 15 is 0 Å². The van der Waals surface area contributed by atoms with Crippen LogP contribution in [0.2, 0.25) is 5.02 Å². The van der Waals surface area contributed by atoms with Gasteiger partial charge >= 0.3 is 0 Å². The molecule has 2 aromatic rings. The van der Waals surface area contributed by atoms with Crippen molar-refractivity contribution in [3.05, 3.63) is 29.3 Å². The molecule has 1 aromatic heterocycles. The van der Waals surface area contributed by atoms with Gasteiger partial charge in [0.2, 0.25) is 5.13 Å². The molecule has 29 heavy (non-hydrogen) atoms. The van der Waals surface area contributed by atoms with Crippen molar-refractivity contribution in [1.29, 1.82) is 0 Å². The van der Waals surface area contributed by atoms with Crippen molar-refractivity contribution in [2.24, 2.45) is 11.7 Å². The Morgan fingerprint density at radius 3 is 2.79 bits per heavy atom. The molecule has 3 rings (SSSR count). The van der Waals surface area contributed by atoms with Gasteiger partial charge in [-0.25, -0.2) is 17.8 Å². The highest BCUT2D eigenvalue weighted by Gasteiger charge is 2.23. The summed E-state index contributed by atoms with van der Waals surface area (Å²) in [5, 5.41) is 3.28. The van der Waals surface area contributed by atoms with Gasteiger partial charge in [0.15, 0.2) is 0 Å². The number of nitrogens with one attached hydrogen (secondary N) is 2. The maximum atomic E-state index is 14.4. The standard InChI is InChI=1S/C18H25ClFN5O2S2/c19-13-9-17(29(26,27)25-18-23-11-24-28-18)14(20)10-16(13)22-8-3-1-2-5-12-6-4-7-15(12)21/h9-12,15,22H,1-8,21H2,(H,23,24,25)/t12-,15-/m0/s1. The minimum Gasteiger partial charge on any atom is -0.384 e. The summed E-state index contributed by atoms with van der Waals surface area (Å²) in [5.41, 5.74) is 6.46. The Morgan fingerprint density at radius 2 is 2.10 bits per heavy atom. The van der Waals surface area contributed by atoms with E-state index in [1.54, 1.807) is 0 Å². The number of anilines is 2. The normalized spacial score (nSPS) is 19.4. The van der Waals surface area contributed by atoms with E-state index in [1.165, 1.54) is 19.2 Å². The molecule has 0 spiro atoms. The molecule has 0 saturated heterocycles. The van der Waals surface area contributed by atoms with Crippen LogP contribution < -0.4 is 15.8 Å². The van der Waals surface area contributed by atoms with Gasteiger partial charge in [-0.3, -0.25) is 4.72 Å². The molecule has 0 amide bonds. The smallest absolute Gasteiger partial charge is 0.266 e. The summed E-state index contributed by atoms with van der Waals surface area (Å²) in [6.07, 6.45) is 9.06. The van der Waals surface area contributed by atoms with Crippen LogP contribution in [0.5, 0.6) is 0 Å². The lowest BCUT2D eigenvalue weighted by atomic mass is 9.97. The van der Waals surface area contributed by atoms with Gasteiger partial charge in [0.05, 0.1) is 10.7 Å². The molecule has 0 aliphatic heterocycles. The molecule has 160 valence electrons. The molecule has 2 atom stereocenters. The largest absolute Gasteiger partial charge is 0.384 e. The van der Waals surface area contributed by atoms with Crippen molar-refractivity contribution in [1.82, 2.24) is 9.36 Å². The summed E-state index contributed by atoms with van der Waals surface area (Å²) >= 11 is 7.03. The summed E-state index contributed by atoms with van der Waals surface area (Å²) in [4.78, 5) is 3.20. The number of hydrogen-bond acceptors (Lipinski definition) is 7. The van der Waals surface area contributed by atoms with Crippen LogP contribution in [0.15, 0.2) is 23.4 Å². The number of halogens is 2. The second-order valence-electron chi connectivity index (χ2n) is 7.25. The average molecular weight is 462 g/mol. The molecule has 1 saturated carbocycles. The fourth-order valence-corrected chi connectivity index (χ4v) is 5.66. The summed E-state index contributed by atoms with van der Waals surface area (Å²) in [6, 6.07) is 2.56. The SMILES string of the molecule is N[C@H]1CCC[C@@H]1CCCCCNc1cc(F)c(S(=O)(=O)Nc2ncns2)cc1Cl. The van der Waals surface area contributed by atoms with E-state index in [9.17, 15) is 12.8 Å². The summed E-state index contributed by atoms with van der Waals surface area (Å²) in [5.74, 6) is -0.237. The van der Waals surface area contributed by atoms with Gasteiger partial charge in [0.25, 0.3) is 10.0 Å². The van der Waals surface area contributed by atoms with E-state index in [2.05, 4.69) is 19.4 Å². The molecule has 7 nitrogen and oxygen atoms in total.